The van der Waals surface area contributed by atoms with Gasteiger partial charge in [0.05, 0.1) is 47.7 Å². The van der Waals surface area contributed by atoms with Crippen LogP contribution in [0.5, 0.6) is 5.75 Å². The molecule has 2 aromatic heterocycles. The Kier molecular flexibility index (Phi) is 11.5. The molecule has 2 aromatic carbocycles. The van der Waals surface area contributed by atoms with Crippen LogP contribution in [0.3, 0.4) is 0 Å². The van der Waals surface area contributed by atoms with Crippen LogP contribution in [-0.2, 0) is 66.8 Å². The number of pyridine rings is 2. The molecule has 1 saturated heterocycles. The Morgan fingerprint density at radius 1 is 1.05 bits per heavy atom. The van der Waals surface area contributed by atoms with Gasteiger partial charge in [0, 0.05) is 29.5 Å². The van der Waals surface area contributed by atoms with E-state index in [9.17, 15) is 39.6 Å². The van der Waals surface area contributed by atoms with Crippen molar-refractivity contribution < 1.29 is 53.8 Å². The van der Waals surface area contributed by atoms with E-state index in [0.717, 1.165) is 29.4 Å². The second-order valence-corrected chi connectivity index (χ2v) is 14.6. The lowest BCUT2D eigenvalue weighted by Gasteiger charge is -2.35. The molecule has 16 nitrogen and oxygen atoms in total. The quantitative estimate of drug-likeness (QED) is 0.0934. The number of aromatic nitrogens is 2. The second kappa shape index (κ2) is 16.3. The fourth-order valence-corrected chi connectivity index (χ4v) is 7.56. The number of hydrogen-bond donors (Lipinski definition) is 6. The highest BCUT2D eigenvalue weighted by molar-refractivity contribution is 5.93. The molecule has 302 valence electrons. The van der Waals surface area contributed by atoms with E-state index in [1.165, 1.54) is 6.07 Å². The summed E-state index contributed by atoms with van der Waals surface area (Å²) >= 11 is 0. The zero-order valence-corrected chi connectivity index (χ0v) is 31.7. The maximum Gasteiger partial charge on any atom is 0.343 e. The number of aliphatic hydroxyl groups is 4. The van der Waals surface area contributed by atoms with Crippen molar-refractivity contribution >= 4 is 34.4 Å². The summed E-state index contributed by atoms with van der Waals surface area (Å²) in [5.74, 6) is -1.59. The fraction of sp³-hybridized carbons (Fsp3) is 0.439. The summed E-state index contributed by atoms with van der Waals surface area (Å²) in [4.78, 5) is 57.1. The average Bonchev–Trinajstić information content (AvgIpc) is 3.57. The summed E-state index contributed by atoms with van der Waals surface area (Å²) < 4.78 is 23.6. The number of esters is 2. The lowest BCUT2D eigenvalue weighted by Crippen LogP contribution is -2.54. The summed E-state index contributed by atoms with van der Waals surface area (Å²) in [7, 11) is 0. The van der Waals surface area contributed by atoms with Crippen molar-refractivity contribution in [2.24, 2.45) is 5.73 Å². The molecule has 0 spiro atoms. The topological polar surface area (TPSA) is 242 Å². The summed E-state index contributed by atoms with van der Waals surface area (Å²) in [5.41, 5.74) is 8.90. The Morgan fingerprint density at radius 2 is 1.84 bits per heavy atom. The molecule has 1 fully saturated rings. The van der Waals surface area contributed by atoms with E-state index in [1.807, 2.05) is 12.1 Å². The highest BCUT2D eigenvalue weighted by Gasteiger charge is 2.45. The van der Waals surface area contributed by atoms with Gasteiger partial charge < -0.3 is 55.0 Å². The summed E-state index contributed by atoms with van der Waals surface area (Å²) in [6.07, 6.45) is -3.17. The van der Waals surface area contributed by atoms with Crippen LogP contribution in [0.4, 0.5) is 5.69 Å². The van der Waals surface area contributed by atoms with Crippen molar-refractivity contribution in [3.63, 3.8) is 0 Å². The van der Waals surface area contributed by atoms with Gasteiger partial charge in [-0.2, -0.15) is 0 Å². The van der Waals surface area contributed by atoms with Crippen LogP contribution in [0.15, 0.2) is 47.3 Å². The number of amides is 1. The van der Waals surface area contributed by atoms with Crippen LogP contribution in [0.1, 0.15) is 72.9 Å². The Labute approximate surface area is 327 Å². The number of nitrogens with two attached hydrogens (primary N) is 1. The molecule has 0 radical (unpaired) electrons. The van der Waals surface area contributed by atoms with Crippen LogP contribution >= 0.6 is 0 Å². The van der Waals surface area contributed by atoms with Crippen LogP contribution in [0.2, 0.25) is 0 Å². The summed E-state index contributed by atoms with van der Waals surface area (Å²) in [6, 6.07) is 11.9. The van der Waals surface area contributed by atoms with Crippen molar-refractivity contribution in [3.8, 4) is 17.1 Å². The summed E-state index contributed by atoms with van der Waals surface area (Å²) in [6.45, 7) is 3.49. The van der Waals surface area contributed by atoms with Crippen molar-refractivity contribution in [2.75, 3.05) is 18.5 Å². The van der Waals surface area contributed by atoms with E-state index in [0.29, 0.717) is 34.5 Å². The van der Waals surface area contributed by atoms with E-state index in [-0.39, 0.29) is 80.3 Å². The SMILES string of the molecule is CCCCc1c2c(nc3ccc(CC(=O)OCc4ccc(OC5OC[C@@H](O)[C@H](O)[C@H]5O)c(NC(=O)CCN)c4)cc13)-c1cc3c(c(=O)n1C2)COC(=O)[C@]3(O)CC. The van der Waals surface area contributed by atoms with Crippen molar-refractivity contribution in [1.29, 1.82) is 0 Å². The molecule has 0 saturated carbocycles. The number of fused-ring (bicyclic) bond motifs is 5. The molecule has 16 heteroatoms. The van der Waals surface area contributed by atoms with Crippen molar-refractivity contribution in [3.05, 3.63) is 86.2 Å². The van der Waals surface area contributed by atoms with Crippen LogP contribution in [0, 0.1) is 0 Å². The maximum atomic E-state index is 13.8. The fourth-order valence-electron chi connectivity index (χ4n) is 7.56. The Hall–Kier alpha value is -5.23. The molecule has 7 rings (SSSR count). The van der Waals surface area contributed by atoms with Gasteiger partial charge in [-0.3, -0.25) is 14.4 Å². The maximum absolute atomic E-state index is 13.8. The first-order valence-electron chi connectivity index (χ1n) is 19.1. The molecule has 0 aliphatic carbocycles. The number of nitrogens with zero attached hydrogens (tertiary/aromatic N) is 2. The number of nitrogens with one attached hydrogen (secondary N) is 1. The van der Waals surface area contributed by atoms with E-state index in [4.69, 9.17) is 29.7 Å². The first kappa shape index (κ1) is 40.0. The zero-order chi connectivity index (χ0) is 40.6. The number of aryl methyl sites for hydroxylation is 1. The standard InChI is InChI=1S/C41H46N4O12/c1-3-5-6-23-24-13-21(7-9-28(24)44-35-25(23)17-45-30(35)16-27-26(38(45)51)19-56-40(52)41(27,53)4-2)15-34(48)54-18-22-8-10-32(29(14-22)43-33(47)11-12-42)57-39-37(50)36(49)31(46)20-55-39/h7-10,13-14,16,31,36-37,39,46,49-50,53H,3-6,11-12,15,17-20,42H2,1-2H3,(H,43,47)/t31-,36+,37-,39?,41+/m1/s1. The number of cyclic esters (lactones) is 1. The molecular weight excluding hydrogens is 740 g/mol. The van der Waals surface area contributed by atoms with E-state index in [2.05, 4.69) is 12.2 Å². The van der Waals surface area contributed by atoms with Gasteiger partial charge >= 0.3 is 11.9 Å². The minimum Gasteiger partial charge on any atom is -0.461 e. The summed E-state index contributed by atoms with van der Waals surface area (Å²) in [5, 5.41) is 45.0. The number of aliphatic hydroxyl groups excluding tert-OH is 3. The number of unbranched alkanes of at least 4 members (excludes halogenated alkanes) is 1. The minimum atomic E-state index is -1.93. The van der Waals surface area contributed by atoms with Gasteiger partial charge in [0.15, 0.2) is 5.60 Å². The number of benzene rings is 2. The number of carbonyl (C=O) groups is 3. The number of anilines is 1. The second-order valence-electron chi connectivity index (χ2n) is 14.6. The van der Waals surface area contributed by atoms with Gasteiger partial charge in [0.25, 0.3) is 5.56 Å². The molecule has 4 aromatic rings. The van der Waals surface area contributed by atoms with Gasteiger partial charge in [0.1, 0.15) is 37.3 Å². The molecule has 57 heavy (non-hydrogen) atoms. The molecule has 1 unspecified atom stereocenters. The first-order valence-corrected chi connectivity index (χ1v) is 19.1. The van der Waals surface area contributed by atoms with Gasteiger partial charge in [0.2, 0.25) is 12.2 Å². The third-order valence-electron chi connectivity index (χ3n) is 10.8. The normalized spacial score (nSPS) is 22.3. The Balaban J connectivity index is 1.11. The van der Waals surface area contributed by atoms with Gasteiger partial charge in [-0.05, 0) is 66.3 Å². The Morgan fingerprint density at radius 3 is 2.60 bits per heavy atom. The lowest BCUT2D eigenvalue weighted by molar-refractivity contribution is -0.241. The van der Waals surface area contributed by atoms with Crippen LogP contribution in [0.25, 0.3) is 22.3 Å². The highest BCUT2D eigenvalue weighted by Crippen LogP contribution is 2.41. The Bertz CT molecular complexity index is 2290. The number of ether oxygens (including phenoxy) is 4. The lowest BCUT2D eigenvalue weighted by atomic mass is 9.86. The van der Waals surface area contributed by atoms with Crippen molar-refractivity contribution in [2.45, 2.75) is 102 Å². The number of rotatable bonds is 13. The molecule has 3 aliphatic heterocycles. The molecule has 1 amide bonds. The van der Waals surface area contributed by atoms with Gasteiger partial charge in [-0.15, -0.1) is 0 Å². The van der Waals surface area contributed by atoms with Gasteiger partial charge in [-0.1, -0.05) is 32.4 Å². The molecule has 5 heterocycles. The van der Waals surface area contributed by atoms with Crippen molar-refractivity contribution in [1.82, 2.24) is 9.55 Å². The largest absolute Gasteiger partial charge is 0.461 e. The number of carbonyl (C=O) groups excluding carboxylic acids is 3. The van der Waals surface area contributed by atoms with Gasteiger partial charge in [-0.25, -0.2) is 9.78 Å². The zero-order valence-electron chi connectivity index (χ0n) is 31.7. The predicted molar refractivity (Wildman–Crippen MR) is 204 cm³/mol. The highest BCUT2D eigenvalue weighted by atomic mass is 16.7. The third kappa shape index (κ3) is 7.63. The van der Waals surface area contributed by atoms with Crippen LogP contribution in [-0.4, -0.2) is 85.6 Å². The molecule has 3 aliphatic rings. The average molecular weight is 787 g/mol. The molecule has 7 N–H and O–H groups in total. The first-order chi connectivity index (χ1) is 27.4. The minimum absolute atomic E-state index is 0.0184. The van der Waals surface area contributed by atoms with Crippen LogP contribution < -0.4 is 21.3 Å². The molecular formula is C41H46N4O12. The van der Waals surface area contributed by atoms with E-state index < -0.39 is 48.0 Å². The molecule has 0 bridgehead atoms. The monoisotopic (exact) mass is 786 g/mol. The third-order valence-corrected chi connectivity index (χ3v) is 10.8. The smallest absolute Gasteiger partial charge is 0.343 e. The van der Waals surface area contributed by atoms with E-state index >= 15 is 0 Å². The van der Waals surface area contributed by atoms with E-state index in [1.54, 1.807) is 35.8 Å². The number of hydrogen-bond acceptors (Lipinski definition) is 14. The predicted octanol–water partition coefficient (Wildman–Crippen LogP) is 1.81. The molecule has 5 atom stereocenters.